The van der Waals surface area contributed by atoms with E-state index >= 15 is 0 Å². The lowest BCUT2D eigenvalue weighted by Crippen LogP contribution is -2.59. The molecule has 0 spiro atoms. The van der Waals surface area contributed by atoms with E-state index in [4.69, 9.17) is 14.2 Å². The van der Waals surface area contributed by atoms with E-state index in [2.05, 4.69) is 0 Å². The number of esters is 1. The largest absolute Gasteiger partial charge is 0.497 e. The van der Waals surface area contributed by atoms with E-state index in [0.717, 1.165) is 6.42 Å². The Hall–Kier alpha value is -2.08. The molecule has 4 atom stereocenters. The van der Waals surface area contributed by atoms with Crippen LogP contribution in [-0.4, -0.2) is 43.3 Å². The predicted molar refractivity (Wildman–Crippen MR) is 85.8 cm³/mol. The van der Waals surface area contributed by atoms with Crippen molar-refractivity contribution in [2.75, 3.05) is 19.1 Å². The zero-order chi connectivity index (χ0) is 17.1. The molecule has 6 heteroatoms. The topological polar surface area (TPSA) is 65.1 Å². The number of benzene rings is 1. The third kappa shape index (κ3) is 1.80. The first kappa shape index (κ1) is 15.4. The van der Waals surface area contributed by atoms with Crippen LogP contribution in [0.3, 0.4) is 0 Å². The predicted octanol–water partition coefficient (Wildman–Crippen LogP) is 1.91. The summed E-state index contributed by atoms with van der Waals surface area (Å²) in [5.74, 6) is 0.0224. The monoisotopic (exact) mass is 331 g/mol. The summed E-state index contributed by atoms with van der Waals surface area (Å²) in [5, 5.41) is 0. The molecule has 24 heavy (non-hydrogen) atoms. The molecular weight excluding hydrogens is 310 g/mol. The maximum absolute atomic E-state index is 13.1. The molecule has 0 aromatic heterocycles. The average Bonchev–Trinajstić information content (AvgIpc) is 3.01. The van der Waals surface area contributed by atoms with Crippen molar-refractivity contribution in [1.29, 1.82) is 0 Å². The zero-order valence-electron chi connectivity index (χ0n) is 14.1. The van der Waals surface area contributed by atoms with Crippen LogP contribution in [0.15, 0.2) is 24.3 Å². The molecular formula is C18H21NO5. The van der Waals surface area contributed by atoms with Crippen molar-refractivity contribution in [3.8, 4) is 5.75 Å². The molecule has 6 nitrogen and oxygen atoms in total. The summed E-state index contributed by atoms with van der Waals surface area (Å²) >= 11 is 0. The molecule has 4 rings (SSSR count). The van der Waals surface area contributed by atoms with Crippen LogP contribution in [-0.2, 0) is 19.1 Å². The number of anilines is 1. The lowest BCUT2D eigenvalue weighted by molar-refractivity contribution is -0.151. The first-order valence-corrected chi connectivity index (χ1v) is 8.19. The molecule has 2 bridgehead atoms. The van der Waals surface area contributed by atoms with E-state index in [1.807, 2.05) is 6.92 Å². The van der Waals surface area contributed by atoms with Gasteiger partial charge in [-0.05, 0) is 50.5 Å². The Morgan fingerprint density at radius 2 is 1.96 bits per heavy atom. The van der Waals surface area contributed by atoms with E-state index in [1.165, 1.54) is 7.11 Å². The van der Waals surface area contributed by atoms with Gasteiger partial charge in [-0.1, -0.05) is 0 Å². The summed E-state index contributed by atoms with van der Waals surface area (Å²) in [6.45, 7) is 2.03. The SMILES string of the molecule is COC(=O)[C@@]12CC[C@]3(C)C[C@@H]1[C@@H](O3)C(=O)N2c1ccc(OC)cc1. The van der Waals surface area contributed by atoms with Gasteiger partial charge in [0, 0.05) is 11.6 Å². The molecule has 128 valence electrons. The molecule has 1 saturated carbocycles. The highest BCUT2D eigenvalue weighted by Gasteiger charge is 2.72. The number of carbonyl (C=O) groups is 2. The van der Waals surface area contributed by atoms with E-state index in [9.17, 15) is 9.59 Å². The molecule has 2 heterocycles. The summed E-state index contributed by atoms with van der Waals surface area (Å²) in [4.78, 5) is 27.5. The van der Waals surface area contributed by atoms with Gasteiger partial charge < -0.3 is 14.2 Å². The molecule has 1 aromatic rings. The van der Waals surface area contributed by atoms with Gasteiger partial charge in [0.05, 0.1) is 19.8 Å². The van der Waals surface area contributed by atoms with Crippen molar-refractivity contribution in [2.24, 2.45) is 5.92 Å². The number of hydrogen-bond donors (Lipinski definition) is 0. The van der Waals surface area contributed by atoms with Gasteiger partial charge in [-0.15, -0.1) is 0 Å². The smallest absolute Gasteiger partial charge is 0.332 e. The number of amides is 1. The molecule has 1 aliphatic carbocycles. The van der Waals surface area contributed by atoms with Gasteiger partial charge in [0.1, 0.15) is 11.9 Å². The number of carbonyl (C=O) groups excluding carboxylic acids is 2. The van der Waals surface area contributed by atoms with Gasteiger partial charge in [0.2, 0.25) is 0 Å². The molecule has 0 N–H and O–H groups in total. The Bertz CT molecular complexity index is 702. The first-order valence-electron chi connectivity index (χ1n) is 8.19. The second kappa shape index (κ2) is 4.96. The lowest BCUT2D eigenvalue weighted by Gasteiger charge is -2.44. The number of methoxy groups -OCH3 is 2. The normalized spacial score (nSPS) is 36.8. The first-order chi connectivity index (χ1) is 11.4. The lowest BCUT2D eigenvalue weighted by atomic mass is 9.69. The van der Waals surface area contributed by atoms with Crippen LogP contribution in [0.2, 0.25) is 0 Å². The maximum atomic E-state index is 13.1. The second-order valence-corrected chi connectivity index (χ2v) is 7.09. The van der Waals surface area contributed by atoms with Crippen molar-refractivity contribution in [1.82, 2.24) is 0 Å². The minimum atomic E-state index is -0.971. The van der Waals surface area contributed by atoms with Gasteiger partial charge >= 0.3 is 5.97 Å². The Kier molecular flexibility index (Phi) is 3.19. The molecule has 1 aromatic carbocycles. The number of fused-ring (bicyclic) bond motifs is 1. The van der Waals surface area contributed by atoms with E-state index in [1.54, 1.807) is 36.3 Å². The van der Waals surface area contributed by atoms with Crippen LogP contribution in [0, 0.1) is 5.92 Å². The average molecular weight is 331 g/mol. The minimum absolute atomic E-state index is 0.154. The molecule has 1 amide bonds. The third-order valence-corrected chi connectivity index (χ3v) is 5.81. The van der Waals surface area contributed by atoms with Crippen molar-refractivity contribution in [2.45, 2.75) is 43.4 Å². The zero-order valence-corrected chi connectivity index (χ0v) is 14.1. The van der Waals surface area contributed by atoms with Crippen LogP contribution in [0.5, 0.6) is 5.75 Å². The van der Waals surface area contributed by atoms with Crippen LogP contribution < -0.4 is 9.64 Å². The highest BCUT2D eigenvalue weighted by molar-refractivity contribution is 6.09. The quantitative estimate of drug-likeness (QED) is 0.792. The molecule has 0 unspecified atom stereocenters. The molecule has 2 saturated heterocycles. The van der Waals surface area contributed by atoms with Crippen LogP contribution in [0.1, 0.15) is 26.2 Å². The highest BCUT2D eigenvalue weighted by Crippen LogP contribution is 2.58. The fraction of sp³-hybridized carbons (Fsp3) is 0.556. The summed E-state index contributed by atoms with van der Waals surface area (Å²) in [6.07, 6.45) is 1.41. The van der Waals surface area contributed by atoms with Gasteiger partial charge in [0.15, 0.2) is 5.54 Å². The molecule has 3 fully saturated rings. The van der Waals surface area contributed by atoms with Crippen LogP contribution in [0.25, 0.3) is 0 Å². The Morgan fingerprint density at radius 3 is 2.58 bits per heavy atom. The van der Waals surface area contributed by atoms with Crippen molar-refractivity contribution in [3.05, 3.63) is 24.3 Å². The van der Waals surface area contributed by atoms with Crippen LogP contribution >= 0.6 is 0 Å². The van der Waals surface area contributed by atoms with Crippen molar-refractivity contribution < 1.29 is 23.8 Å². The van der Waals surface area contributed by atoms with Gasteiger partial charge in [-0.2, -0.15) is 0 Å². The fourth-order valence-corrected chi connectivity index (χ4v) is 4.66. The van der Waals surface area contributed by atoms with Gasteiger partial charge in [-0.25, -0.2) is 4.79 Å². The summed E-state index contributed by atoms with van der Waals surface area (Å²) in [5.41, 5.74) is -0.608. The highest BCUT2D eigenvalue weighted by atomic mass is 16.5. The standard InChI is InChI=1S/C18H21NO5/c1-17-8-9-18(16(21)23-3)13(10-17)14(24-17)15(20)19(18)11-4-6-12(22-2)7-5-11/h4-7,13-14H,8-10H2,1-3H3/t13-,14-,17-,18-/m1/s1. The van der Waals surface area contributed by atoms with Gasteiger partial charge in [-0.3, -0.25) is 9.69 Å². The third-order valence-electron chi connectivity index (χ3n) is 5.81. The van der Waals surface area contributed by atoms with E-state index in [-0.39, 0.29) is 23.4 Å². The van der Waals surface area contributed by atoms with Crippen molar-refractivity contribution >= 4 is 17.6 Å². The molecule has 3 aliphatic rings. The Morgan fingerprint density at radius 1 is 1.25 bits per heavy atom. The van der Waals surface area contributed by atoms with Crippen LogP contribution in [0.4, 0.5) is 5.69 Å². The summed E-state index contributed by atoms with van der Waals surface area (Å²) in [6, 6.07) is 7.18. The van der Waals surface area contributed by atoms with E-state index < -0.39 is 11.6 Å². The minimum Gasteiger partial charge on any atom is -0.497 e. The molecule has 0 radical (unpaired) electrons. The fourth-order valence-electron chi connectivity index (χ4n) is 4.66. The van der Waals surface area contributed by atoms with Gasteiger partial charge in [0.25, 0.3) is 5.91 Å². The Balaban J connectivity index is 1.83. The number of hydrogen-bond acceptors (Lipinski definition) is 5. The van der Waals surface area contributed by atoms with Crippen molar-refractivity contribution in [3.63, 3.8) is 0 Å². The van der Waals surface area contributed by atoms with E-state index in [0.29, 0.717) is 24.3 Å². The molecule has 2 aliphatic heterocycles. The number of rotatable bonds is 3. The summed E-state index contributed by atoms with van der Waals surface area (Å²) < 4.78 is 16.4. The summed E-state index contributed by atoms with van der Waals surface area (Å²) in [7, 11) is 2.97. The number of ether oxygens (including phenoxy) is 3. The second-order valence-electron chi connectivity index (χ2n) is 7.09. The number of nitrogens with zero attached hydrogens (tertiary/aromatic N) is 1. The maximum Gasteiger partial charge on any atom is 0.332 e. The Labute approximate surface area is 140 Å².